The summed E-state index contributed by atoms with van der Waals surface area (Å²) in [5.74, 6) is -0.284. The van der Waals surface area contributed by atoms with Gasteiger partial charge in [-0.05, 0) is 44.4 Å². The van der Waals surface area contributed by atoms with Crippen molar-refractivity contribution in [1.29, 1.82) is 0 Å². The second-order valence-electron chi connectivity index (χ2n) is 10.2. The lowest BCUT2D eigenvalue weighted by atomic mass is 10.1. The predicted octanol–water partition coefficient (Wildman–Crippen LogP) is 4.47. The molecule has 0 N–H and O–H groups in total. The molecule has 0 spiro atoms. The van der Waals surface area contributed by atoms with E-state index in [0.29, 0.717) is 30.4 Å². The molecular weight excluding hydrogens is 485 g/mol. The summed E-state index contributed by atoms with van der Waals surface area (Å²) in [5, 5.41) is 4.81. The number of fused-ring (bicyclic) bond motifs is 3. The van der Waals surface area contributed by atoms with Gasteiger partial charge < -0.3 is 14.4 Å². The summed E-state index contributed by atoms with van der Waals surface area (Å²) in [6, 6.07) is 4.63. The summed E-state index contributed by atoms with van der Waals surface area (Å²) in [5.41, 5.74) is 6.42. The molecule has 0 bridgehead atoms. The van der Waals surface area contributed by atoms with Crippen molar-refractivity contribution >= 4 is 11.6 Å². The molecule has 3 aliphatic heterocycles. The van der Waals surface area contributed by atoms with E-state index in [1.54, 1.807) is 4.90 Å². The number of rotatable bonds is 6. The Kier molecular flexibility index (Phi) is 7.68. The van der Waals surface area contributed by atoms with Crippen LogP contribution in [0.1, 0.15) is 72.2 Å². The van der Waals surface area contributed by atoms with Crippen LogP contribution in [0, 0.1) is 19.7 Å². The molecule has 1 amide bonds. The number of amides is 1. The van der Waals surface area contributed by atoms with Crippen LogP contribution in [0.2, 0.25) is 0 Å². The zero-order valence-electron chi connectivity index (χ0n) is 23.1. The molecule has 0 unspecified atom stereocenters. The minimum atomic E-state index is -0.413. The van der Waals surface area contributed by atoms with Crippen molar-refractivity contribution in [2.45, 2.75) is 79.1 Å². The van der Waals surface area contributed by atoms with Crippen molar-refractivity contribution in [2.24, 2.45) is 0 Å². The predicted molar refractivity (Wildman–Crippen MR) is 143 cm³/mol. The highest BCUT2D eigenvalue weighted by atomic mass is 19.1. The molecule has 5 heterocycles. The standard InChI is InChI=1S/C27H32FN5O3.C2H6/c1-4-5-21-16(2)29-26-23-12-32(13-24(23)30-33(26)17(21)3)27(34)22-7-6-18(28)10-25(22)36-20-8-9-31(11-20)19-14-35-15-19;1-2/h6-7,10,19-20H,4-5,8-9,11-15H2,1-3H3;1-2H3/t20-;/m1./s1. The lowest BCUT2D eigenvalue weighted by Crippen LogP contribution is -2.48. The molecule has 8 nitrogen and oxygen atoms in total. The maximum Gasteiger partial charge on any atom is 0.258 e. The van der Waals surface area contributed by atoms with Crippen LogP contribution < -0.4 is 4.74 Å². The van der Waals surface area contributed by atoms with Crippen molar-refractivity contribution in [3.8, 4) is 5.75 Å². The number of carbonyl (C=O) groups is 1. The second-order valence-corrected chi connectivity index (χ2v) is 10.2. The van der Waals surface area contributed by atoms with Crippen LogP contribution in [-0.2, 0) is 24.2 Å². The minimum absolute atomic E-state index is 0.0774. The monoisotopic (exact) mass is 523 g/mol. The van der Waals surface area contributed by atoms with Gasteiger partial charge in [-0.1, -0.05) is 27.2 Å². The van der Waals surface area contributed by atoms with Crippen LogP contribution in [0.4, 0.5) is 4.39 Å². The molecule has 0 radical (unpaired) electrons. The highest BCUT2D eigenvalue weighted by molar-refractivity contribution is 5.97. The van der Waals surface area contributed by atoms with E-state index in [0.717, 1.165) is 73.9 Å². The summed E-state index contributed by atoms with van der Waals surface area (Å²) in [6.45, 7) is 14.3. The fourth-order valence-corrected chi connectivity index (χ4v) is 5.66. The van der Waals surface area contributed by atoms with Gasteiger partial charge in [0, 0.05) is 36.1 Å². The van der Waals surface area contributed by atoms with E-state index >= 15 is 0 Å². The summed E-state index contributed by atoms with van der Waals surface area (Å²) >= 11 is 0. The third-order valence-electron chi connectivity index (χ3n) is 7.76. The summed E-state index contributed by atoms with van der Waals surface area (Å²) < 4.78 is 27.6. The molecule has 0 saturated carbocycles. The van der Waals surface area contributed by atoms with Gasteiger partial charge in [-0.25, -0.2) is 13.9 Å². The van der Waals surface area contributed by atoms with E-state index in [1.807, 2.05) is 25.3 Å². The van der Waals surface area contributed by atoms with Gasteiger partial charge in [0.05, 0.1) is 43.6 Å². The Balaban J connectivity index is 0.00000144. The number of halogens is 1. The van der Waals surface area contributed by atoms with Crippen molar-refractivity contribution in [2.75, 3.05) is 26.3 Å². The van der Waals surface area contributed by atoms with E-state index in [1.165, 1.54) is 23.8 Å². The molecule has 204 valence electrons. The number of aromatic nitrogens is 3. The number of likely N-dealkylation sites (tertiary alicyclic amines) is 1. The van der Waals surface area contributed by atoms with Crippen molar-refractivity contribution in [3.63, 3.8) is 0 Å². The van der Waals surface area contributed by atoms with Crippen molar-refractivity contribution in [3.05, 3.63) is 57.8 Å². The van der Waals surface area contributed by atoms with Crippen LogP contribution in [0.15, 0.2) is 18.2 Å². The molecule has 0 aliphatic carbocycles. The maximum absolute atomic E-state index is 14.2. The number of carbonyl (C=O) groups excluding carboxylic acids is 1. The first kappa shape index (κ1) is 26.6. The number of hydrogen-bond acceptors (Lipinski definition) is 6. The van der Waals surface area contributed by atoms with Gasteiger partial charge in [0.15, 0.2) is 5.65 Å². The summed E-state index contributed by atoms with van der Waals surface area (Å²) in [6.07, 6.45) is 2.79. The van der Waals surface area contributed by atoms with Gasteiger partial charge in [-0.3, -0.25) is 9.69 Å². The largest absolute Gasteiger partial charge is 0.488 e. The number of hydrogen-bond donors (Lipinski definition) is 0. The van der Waals surface area contributed by atoms with Crippen LogP contribution in [-0.4, -0.2) is 68.8 Å². The van der Waals surface area contributed by atoms with Gasteiger partial charge in [0.25, 0.3) is 5.91 Å². The Morgan fingerprint density at radius 2 is 2.00 bits per heavy atom. The quantitative estimate of drug-likeness (QED) is 0.475. The molecule has 3 aromatic rings. The Morgan fingerprint density at radius 1 is 1.21 bits per heavy atom. The number of nitrogens with zero attached hydrogens (tertiary/aromatic N) is 5. The van der Waals surface area contributed by atoms with E-state index in [4.69, 9.17) is 19.6 Å². The average molecular weight is 524 g/mol. The van der Waals surface area contributed by atoms with Gasteiger partial charge in [-0.15, -0.1) is 0 Å². The lowest BCUT2D eigenvalue weighted by molar-refractivity contribution is -0.0592. The van der Waals surface area contributed by atoms with E-state index in [-0.39, 0.29) is 12.0 Å². The zero-order chi connectivity index (χ0) is 27.0. The SMILES string of the molecule is CC.CCCc1c(C)nc2c3c(nn2c1C)CN(C(=O)c1ccc(F)cc1O[C@@H]1CCN(C2COC2)C1)C3. The van der Waals surface area contributed by atoms with Crippen molar-refractivity contribution in [1.82, 2.24) is 24.4 Å². The first-order valence-corrected chi connectivity index (χ1v) is 13.9. The summed E-state index contributed by atoms with van der Waals surface area (Å²) in [4.78, 5) is 22.6. The average Bonchev–Trinajstić information content (AvgIpc) is 3.58. The van der Waals surface area contributed by atoms with Crippen molar-refractivity contribution < 1.29 is 18.7 Å². The lowest BCUT2D eigenvalue weighted by Gasteiger charge is -2.34. The Hall–Kier alpha value is -3.04. The Bertz CT molecular complexity index is 1340. The van der Waals surface area contributed by atoms with Crippen LogP contribution >= 0.6 is 0 Å². The van der Waals surface area contributed by atoms with Gasteiger partial charge in [-0.2, -0.15) is 5.10 Å². The van der Waals surface area contributed by atoms with Crippen LogP contribution in [0.3, 0.4) is 0 Å². The smallest absolute Gasteiger partial charge is 0.258 e. The van der Waals surface area contributed by atoms with E-state index in [2.05, 4.69) is 18.7 Å². The fourth-order valence-electron chi connectivity index (χ4n) is 5.66. The van der Waals surface area contributed by atoms with Gasteiger partial charge in [0.1, 0.15) is 17.7 Å². The first-order valence-electron chi connectivity index (χ1n) is 13.9. The molecule has 6 rings (SSSR count). The molecule has 1 atom stereocenters. The highest BCUT2D eigenvalue weighted by Gasteiger charge is 2.35. The first-order chi connectivity index (χ1) is 18.4. The topological polar surface area (TPSA) is 72.2 Å². The molecule has 2 saturated heterocycles. The fraction of sp³-hybridized carbons (Fsp3) is 0.552. The second kappa shape index (κ2) is 11.0. The molecule has 3 aliphatic rings. The third kappa shape index (κ3) is 4.78. The number of aryl methyl sites for hydroxylation is 2. The Morgan fingerprint density at radius 3 is 2.71 bits per heavy atom. The molecule has 2 fully saturated rings. The zero-order valence-corrected chi connectivity index (χ0v) is 23.1. The third-order valence-corrected chi connectivity index (χ3v) is 7.76. The number of ether oxygens (including phenoxy) is 2. The molecule has 38 heavy (non-hydrogen) atoms. The van der Waals surface area contributed by atoms with E-state index < -0.39 is 5.82 Å². The normalized spacial score (nSPS) is 19.3. The highest BCUT2D eigenvalue weighted by Crippen LogP contribution is 2.32. The molecule has 2 aromatic heterocycles. The van der Waals surface area contributed by atoms with Crippen LogP contribution in [0.25, 0.3) is 5.65 Å². The molecular formula is C29H38FN5O3. The summed E-state index contributed by atoms with van der Waals surface area (Å²) in [7, 11) is 0. The maximum atomic E-state index is 14.2. The number of benzene rings is 1. The van der Waals surface area contributed by atoms with Gasteiger partial charge in [0.2, 0.25) is 0 Å². The molecule has 9 heteroatoms. The Labute approximate surface area is 223 Å². The van der Waals surface area contributed by atoms with Crippen LogP contribution in [0.5, 0.6) is 5.75 Å². The van der Waals surface area contributed by atoms with E-state index in [9.17, 15) is 9.18 Å². The van der Waals surface area contributed by atoms with Gasteiger partial charge >= 0.3 is 0 Å². The molecule has 1 aromatic carbocycles. The minimum Gasteiger partial charge on any atom is -0.488 e.